The number of nitrogens with one attached hydrogen (secondary N) is 1. The number of benzene rings is 1. The zero-order valence-corrected chi connectivity index (χ0v) is 12.5. The van der Waals surface area contributed by atoms with Crippen LogP contribution in [0.5, 0.6) is 5.75 Å². The van der Waals surface area contributed by atoms with Crippen molar-refractivity contribution in [3.8, 4) is 5.75 Å². The van der Waals surface area contributed by atoms with E-state index in [4.69, 9.17) is 4.74 Å². The molecule has 0 aromatic heterocycles. The van der Waals surface area contributed by atoms with Gasteiger partial charge < -0.3 is 10.1 Å². The maximum atomic E-state index is 5.21. The summed E-state index contributed by atoms with van der Waals surface area (Å²) in [6.07, 6.45) is 6.78. The summed E-state index contributed by atoms with van der Waals surface area (Å²) in [7, 11) is 1.71. The third-order valence-corrected chi connectivity index (χ3v) is 4.36. The second-order valence-electron chi connectivity index (χ2n) is 5.97. The first-order valence-corrected chi connectivity index (χ1v) is 7.59. The second kappa shape index (κ2) is 6.95. The number of hydrogen-bond donors (Lipinski definition) is 1. The molecule has 1 N–H and O–H groups in total. The molecule has 2 nitrogen and oxygen atoms in total. The van der Waals surface area contributed by atoms with E-state index >= 15 is 0 Å². The number of ether oxygens (including phenoxy) is 1. The minimum absolute atomic E-state index is 0.421. The van der Waals surface area contributed by atoms with Gasteiger partial charge in [-0.1, -0.05) is 31.9 Å². The predicted molar refractivity (Wildman–Crippen MR) is 80.6 cm³/mol. The summed E-state index contributed by atoms with van der Waals surface area (Å²) in [5.41, 5.74) is 1.35. The van der Waals surface area contributed by atoms with Gasteiger partial charge in [-0.2, -0.15) is 0 Å². The molecule has 1 aromatic rings. The highest BCUT2D eigenvalue weighted by Gasteiger charge is 2.18. The quantitative estimate of drug-likeness (QED) is 0.815. The van der Waals surface area contributed by atoms with Gasteiger partial charge in [0.1, 0.15) is 5.75 Å². The van der Waals surface area contributed by atoms with E-state index in [0.717, 1.165) is 11.7 Å². The van der Waals surface area contributed by atoms with Gasteiger partial charge in [-0.15, -0.1) is 0 Å². The average molecular weight is 261 g/mol. The van der Waals surface area contributed by atoms with E-state index in [1.54, 1.807) is 7.11 Å². The lowest BCUT2D eigenvalue weighted by atomic mass is 10.0. The van der Waals surface area contributed by atoms with Crippen LogP contribution in [0.15, 0.2) is 24.3 Å². The summed E-state index contributed by atoms with van der Waals surface area (Å²) in [5.74, 6) is 1.84. The lowest BCUT2D eigenvalue weighted by molar-refractivity contribution is 0.405. The van der Waals surface area contributed by atoms with Crippen LogP contribution in [0.1, 0.15) is 57.6 Å². The Bertz CT molecular complexity index is 373. The summed E-state index contributed by atoms with van der Waals surface area (Å²) < 4.78 is 5.21. The standard InChI is InChI=1S/C17H27NO/c1-13-5-4-6-16(10-7-13)18-14(2)15-8-11-17(19-3)12-9-15/h8-9,11-14,16,18H,4-7,10H2,1-3H3/t13?,14-,16?/m1/s1. The van der Waals surface area contributed by atoms with Crippen molar-refractivity contribution in [2.75, 3.05) is 7.11 Å². The minimum Gasteiger partial charge on any atom is -0.497 e. The molecule has 19 heavy (non-hydrogen) atoms. The third kappa shape index (κ3) is 4.24. The number of hydrogen-bond acceptors (Lipinski definition) is 2. The van der Waals surface area contributed by atoms with E-state index in [-0.39, 0.29) is 0 Å². The highest BCUT2D eigenvalue weighted by molar-refractivity contribution is 5.28. The van der Waals surface area contributed by atoms with Crippen LogP contribution in [0.4, 0.5) is 0 Å². The molecule has 1 aliphatic rings. The van der Waals surface area contributed by atoms with Gasteiger partial charge in [-0.25, -0.2) is 0 Å². The van der Waals surface area contributed by atoms with Crippen molar-refractivity contribution in [1.82, 2.24) is 5.32 Å². The zero-order chi connectivity index (χ0) is 13.7. The number of methoxy groups -OCH3 is 1. The zero-order valence-electron chi connectivity index (χ0n) is 12.5. The van der Waals surface area contributed by atoms with Gasteiger partial charge in [0.05, 0.1) is 7.11 Å². The van der Waals surface area contributed by atoms with Crippen molar-refractivity contribution in [3.63, 3.8) is 0 Å². The van der Waals surface area contributed by atoms with E-state index in [1.807, 2.05) is 12.1 Å². The van der Waals surface area contributed by atoms with Gasteiger partial charge in [-0.3, -0.25) is 0 Å². The van der Waals surface area contributed by atoms with Crippen LogP contribution in [0.3, 0.4) is 0 Å². The molecule has 0 saturated heterocycles. The molecular weight excluding hydrogens is 234 g/mol. The molecule has 2 unspecified atom stereocenters. The second-order valence-corrected chi connectivity index (χ2v) is 5.97. The molecule has 3 atom stereocenters. The van der Waals surface area contributed by atoms with E-state index in [2.05, 4.69) is 31.3 Å². The Hall–Kier alpha value is -1.02. The smallest absolute Gasteiger partial charge is 0.118 e. The SMILES string of the molecule is COc1ccc([C@@H](C)NC2CCCC(C)CC2)cc1. The first-order chi connectivity index (χ1) is 9.19. The molecule has 106 valence electrons. The lowest BCUT2D eigenvalue weighted by Gasteiger charge is -2.22. The van der Waals surface area contributed by atoms with Crippen molar-refractivity contribution in [3.05, 3.63) is 29.8 Å². The first-order valence-electron chi connectivity index (χ1n) is 7.59. The molecule has 0 heterocycles. The fraction of sp³-hybridized carbons (Fsp3) is 0.647. The molecule has 0 spiro atoms. The molecule has 2 rings (SSSR count). The van der Waals surface area contributed by atoms with Crippen LogP contribution < -0.4 is 10.1 Å². The molecule has 0 aliphatic heterocycles. The monoisotopic (exact) mass is 261 g/mol. The Morgan fingerprint density at radius 3 is 2.53 bits per heavy atom. The van der Waals surface area contributed by atoms with E-state index in [1.165, 1.54) is 37.7 Å². The van der Waals surface area contributed by atoms with Gasteiger partial charge in [0.2, 0.25) is 0 Å². The van der Waals surface area contributed by atoms with Crippen molar-refractivity contribution < 1.29 is 4.74 Å². The molecule has 2 heteroatoms. The lowest BCUT2D eigenvalue weighted by Crippen LogP contribution is -2.31. The van der Waals surface area contributed by atoms with Gasteiger partial charge in [0.15, 0.2) is 0 Å². The Morgan fingerprint density at radius 2 is 1.84 bits per heavy atom. The molecule has 0 radical (unpaired) electrons. The normalized spacial score (nSPS) is 25.6. The van der Waals surface area contributed by atoms with Gasteiger partial charge in [0, 0.05) is 12.1 Å². The van der Waals surface area contributed by atoms with E-state index in [0.29, 0.717) is 12.1 Å². The summed E-state index contributed by atoms with van der Waals surface area (Å²) >= 11 is 0. The Labute approximate surface area is 117 Å². The maximum Gasteiger partial charge on any atom is 0.118 e. The van der Waals surface area contributed by atoms with Crippen LogP contribution in [0, 0.1) is 5.92 Å². The topological polar surface area (TPSA) is 21.3 Å². The molecular formula is C17H27NO. The number of rotatable bonds is 4. The summed E-state index contributed by atoms with van der Waals surface area (Å²) in [4.78, 5) is 0. The Kier molecular flexibility index (Phi) is 5.26. The fourth-order valence-corrected chi connectivity index (χ4v) is 3.00. The highest BCUT2D eigenvalue weighted by Crippen LogP contribution is 2.25. The van der Waals surface area contributed by atoms with Crippen molar-refractivity contribution in [2.24, 2.45) is 5.92 Å². The van der Waals surface area contributed by atoms with Crippen LogP contribution in [-0.4, -0.2) is 13.2 Å². The molecule has 0 bridgehead atoms. The van der Waals surface area contributed by atoms with Crippen LogP contribution in [0.25, 0.3) is 0 Å². The van der Waals surface area contributed by atoms with Gasteiger partial charge in [0.25, 0.3) is 0 Å². The highest BCUT2D eigenvalue weighted by atomic mass is 16.5. The fourth-order valence-electron chi connectivity index (χ4n) is 3.00. The maximum absolute atomic E-state index is 5.21. The van der Waals surface area contributed by atoms with Gasteiger partial charge >= 0.3 is 0 Å². The van der Waals surface area contributed by atoms with Crippen LogP contribution in [0.2, 0.25) is 0 Å². The Morgan fingerprint density at radius 1 is 1.11 bits per heavy atom. The van der Waals surface area contributed by atoms with E-state index < -0.39 is 0 Å². The van der Waals surface area contributed by atoms with Crippen molar-refractivity contribution >= 4 is 0 Å². The molecule has 0 amide bonds. The van der Waals surface area contributed by atoms with Gasteiger partial charge in [-0.05, 0) is 49.8 Å². The third-order valence-electron chi connectivity index (χ3n) is 4.36. The average Bonchev–Trinajstić information content (AvgIpc) is 2.64. The summed E-state index contributed by atoms with van der Waals surface area (Å²) in [6.45, 7) is 4.64. The van der Waals surface area contributed by atoms with Crippen molar-refractivity contribution in [2.45, 2.75) is 58.0 Å². The van der Waals surface area contributed by atoms with E-state index in [9.17, 15) is 0 Å². The minimum atomic E-state index is 0.421. The summed E-state index contributed by atoms with van der Waals surface area (Å²) in [5, 5.41) is 3.79. The predicted octanol–water partition coefficient (Wildman–Crippen LogP) is 4.31. The molecule has 1 fully saturated rings. The molecule has 1 saturated carbocycles. The first kappa shape index (κ1) is 14.4. The Balaban J connectivity index is 1.90. The summed E-state index contributed by atoms with van der Waals surface area (Å²) in [6, 6.07) is 9.52. The van der Waals surface area contributed by atoms with Crippen molar-refractivity contribution in [1.29, 1.82) is 0 Å². The molecule has 1 aliphatic carbocycles. The largest absolute Gasteiger partial charge is 0.497 e. The molecule has 1 aromatic carbocycles. The van der Waals surface area contributed by atoms with Crippen LogP contribution in [-0.2, 0) is 0 Å². The van der Waals surface area contributed by atoms with Crippen LogP contribution >= 0.6 is 0 Å².